The molecule has 2 rings (SSSR count). The molecule has 3 N–H and O–H groups in total. The van der Waals surface area contributed by atoms with Crippen LogP contribution < -0.4 is 5.32 Å². The number of ketones is 1. The number of nitrogens with one attached hydrogen (secondary N) is 2. The first-order valence-corrected chi connectivity index (χ1v) is 7.89. The number of aryl methyl sites for hydroxylation is 2. The zero-order valence-corrected chi connectivity index (χ0v) is 14.7. The fourth-order valence-corrected chi connectivity index (χ4v) is 2.84. The summed E-state index contributed by atoms with van der Waals surface area (Å²) < 4.78 is 1.59. The predicted molar refractivity (Wildman–Crippen MR) is 90.0 cm³/mol. The molecule has 1 amide bonds. The number of nitrogens with zero attached hydrogens (tertiary/aromatic N) is 2. The second-order valence-electron chi connectivity index (χ2n) is 6.25. The standard InChI is InChI=1S/C17H24N4O3/c1-6-13-14(11(3)22)10(2)20-15(13)16(23)18-9-17(4,24)12-7-19-21(5)8-12/h7-8,20,24H,6,9H2,1-5H3,(H,18,23). The Hall–Kier alpha value is -2.41. The van der Waals surface area contributed by atoms with E-state index in [1.165, 1.54) is 6.92 Å². The summed E-state index contributed by atoms with van der Waals surface area (Å²) in [4.78, 5) is 27.3. The lowest BCUT2D eigenvalue weighted by Gasteiger charge is -2.22. The van der Waals surface area contributed by atoms with Gasteiger partial charge in [0.2, 0.25) is 0 Å². The maximum Gasteiger partial charge on any atom is 0.268 e. The monoisotopic (exact) mass is 332 g/mol. The Morgan fingerprint density at radius 2 is 2.12 bits per heavy atom. The van der Waals surface area contributed by atoms with Gasteiger partial charge in [-0.05, 0) is 32.8 Å². The van der Waals surface area contributed by atoms with E-state index in [2.05, 4.69) is 15.4 Å². The molecule has 0 aliphatic heterocycles. The molecule has 1 unspecified atom stereocenters. The molecule has 0 saturated heterocycles. The zero-order valence-electron chi connectivity index (χ0n) is 14.7. The van der Waals surface area contributed by atoms with E-state index in [0.29, 0.717) is 34.5 Å². The van der Waals surface area contributed by atoms with E-state index < -0.39 is 5.60 Å². The largest absolute Gasteiger partial charge is 0.383 e. The number of hydrogen-bond donors (Lipinski definition) is 3. The summed E-state index contributed by atoms with van der Waals surface area (Å²) in [7, 11) is 1.76. The molecule has 0 radical (unpaired) electrons. The maximum atomic E-state index is 12.5. The lowest BCUT2D eigenvalue weighted by atomic mass is 9.99. The predicted octanol–water partition coefficient (Wildman–Crippen LogP) is 1.46. The summed E-state index contributed by atoms with van der Waals surface area (Å²) >= 11 is 0. The Balaban J connectivity index is 2.19. The molecule has 130 valence electrons. The summed E-state index contributed by atoms with van der Waals surface area (Å²) in [5.41, 5.74) is 1.72. The van der Waals surface area contributed by atoms with Crippen molar-refractivity contribution >= 4 is 11.7 Å². The Kier molecular flexibility index (Phi) is 4.94. The molecule has 0 saturated carbocycles. The van der Waals surface area contributed by atoms with E-state index in [4.69, 9.17) is 0 Å². The van der Waals surface area contributed by atoms with Crippen LogP contribution in [0, 0.1) is 6.92 Å². The zero-order chi connectivity index (χ0) is 18.1. The first kappa shape index (κ1) is 17.9. The van der Waals surface area contributed by atoms with Gasteiger partial charge in [0.25, 0.3) is 5.91 Å². The van der Waals surface area contributed by atoms with Crippen LogP contribution in [0.15, 0.2) is 12.4 Å². The first-order chi connectivity index (χ1) is 11.2. The van der Waals surface area contributed by atoms with E-state index in [1.807, 2.05) is 6.92 Å². The Morgan fingerprint density at radius 3 is 2.62 bits per heavy atom. The van der Waals surface area contributed by atoms with Gasteiger partial charge in [-0.1, -0.05) is 6.92 Å². The van der Waals surface area contributed by atoms with Crippen molar-refractivity contribution in [2.45, 2.75) is 39.7 Å². The van der Waals surface area contributed by atoms with Crippen LogP contribution >= 0.6 is 0 Å². The third-order valence-electron chi connectivity index (χ3n) is 4.14. The minimum atomic E-state index is -1.23. The van der Waals surface area contributed by atoms with Gasteiger partial charge in [-0.3, -0.25) is 14.3 Å². The highest BCUT2D eigenvalue weighted by Gasteiger charge is 2.27. The van der Waals surface area contributed by atoms with Crippen LogP contribution in [-0.4, -0.2) is 38.1 Å². The number of H-pyrrole nitrogens is 1. The number of Topliss-reactive ketones (excluding diaryl/α,β-unsaturated/α-hetero) is 1. The Bertz CT molecular complexity index is 771. The highest BCUT2D eigenvalue weighted by molar-refractivity contribution is 6.02. The van der Waals surface area contributed by atoms with Crippen molar-refractivity contribution < 1.29 is 14.7 Å². The average molecular weight is 332 g/mol. The summed E-state index contributed by atoms with van der Waals surface area (Å²) in [6, 6.07) is 0. The number of rotatable bonds is 6. The number of aromatic amines is 1. The van der Waals surface area contributed by atoms with E-state index >= 15 is 0 Å². The molecule has 7 nitrogen and oxygen atoms in total. The van der Waals surface area contributed by atoms with Crippen LogP contribution in [-0.2, 0) is 19.1 Å². The van der Waals surface area contributed by atoms with Crippen molar-refractivity contribution in [3.8, 4) is 0 Å². The fourth-order valence-electron chi connectivity index (χ4n) is 2.84. The molecular formula is C17H24N4O3. The number of aromatic nitrogens is 3. The molecular weight excluding hydrogens is 308 g/mol. The van der Waals surface area contributed by atoms with Crippen LogP contribution in [0.2, 0.25) is 0 Å². The van der Waals surface area contributed by atoms with Gasteiger partial charge in [0.05, 0.1) is 12.7 Å². The summed E-state index contributed by atoms with van der Waals surface area (Å²) in [5.74, 6) is -0.409. The lowest BCUT2D eigenvalue weighted by Crippen LogP contribution is -2.38. The third kappa shape index (κ3) is 3.41. The normalized spacial score (nSPS) is 13.6. The van der Waals surface area contributed by atoms with Crippen molar-refractivity contribution in [2.24, 2.45) is 7.05 Å². The molecule has 0 aliphatic rings. The van der Waals surface area contributed by atoms with Crippen molar-refractivity contribution in [3.63, 3.8) is 0 Å². The molecule has 0 spiro atoms. The first-order valence-electron chi connectivity index (χ1n) is 7.89. The van der Waals surface area contributed by atoms with E-state index in [1.54, 1.807) is 38.0 Å². The number of hydrogen-bond acceptors (Lipinski definition) is 4. The van der Waals surface area contributed by atoms with E-state index in [9.17, 15) is 14.7 Å². The van der Waals surface area contributed by atoms with Crippen molar-refractivity contribution in [3.05, 3.63) is 40.5 Å². The number of aliphatic hydroxyl groups is 1. The molecule has 0 bridgehead atoms. The van der Waals surface area contributed by atoms with Crippen molar-refractivity contribution in [1.82, 2.24) is 20.1 Å². The average Bonchev–Trinajstić information content (AvgIpc) is 3.08. The van der Waals surface area contributed by atoms with Crippen LogP contribution in [0.25, 0.3) is 0 Å². The number of carbonyl (C=O) groups is 2. The van der Waals surface area contributed by atoms with Gasteiger partial charge in [-0.25, -0.2) is 0 Å². The molecule has 0 aromatic carbocycles. The van der Waals surface area contributed by atoms with Gasteiger partial charge in [0.15, 0.2) is 5.78 Å². The molecule has 7 heteroatoms. The summed E-state index contributed by atoms with van der Waals surface area (Å²) in [6.07, 6.45) is 3.84. The topological polar surface area (TPSA) is 100 Å². The maximum absolute atomic E-state index is 12.5. The van der Waals surface area contributed by atoms with Crippen molar-refractivity contribution in [1.29, 1.82) is 0 Å². The van der Waals surface area contributed by atoms with Crippen LogP contribution in [0.3, 0.4) is 0 Å². The summed E-state index contributed by atoms with van der Waals surface area (Å²) in [6.45, 7) is 6.82. The van der Waals surface area contributed by atoms with E-state index in [0.717, 1.165) is 0 Å². The van der Waals surface area contributed by atoms with Gasteiger partial charge in [0, 0.05) is 30.1 Å². The molecule has 0 fully saturated rings. The molecule has 0 aliphatic carbocycles. The SMILES string of the molecule is CCc1c(C(=O)NCC(C)(O)c2cnn(C)c2)[nH]c(C)c1C(C)=O. The number of amides is 1. The van der Waals surface area contributed by atoms with Crippen LogP contribution in [0.1, 0.15) is 58.4 Å². The quantitative estimate of drug-likeness (QED) is 0.697. The second kappa shape index (κ2) is 6.60. The van der Waals surface area contributed by atoms with E-state index in [-0.39, 0.29) is 18.2 Å². The minimum absolute atomic E-state index is 0.0359. The van der Waals surface area contributed by atoms with Gasteiger partial charge in [-0.2, -0.15) is 5.10 Å². The molecule has 24 heavy (non-hydrogen) atoms. The van der Waals surface area contributed by atoms with Crippen molar-refractivity contribution in [2.75, 3.05) is 6.54 Å². The highest BCUT2D eigenvalue weighted by atomic mass is 16.3. The fraction of sp³-hybridized carbons (Fsp3) is 0.471. The number of carbonyl (C=O) groups excluding carboxylic acids is 2. The highest BCUT2D eigenvalue weighted by Crippen LogP contribution is 2.22. The summed E-state index contributed by atoms with van der Waals surface area (Å²) in [5, 5.41) is 17.3. The molecule has 2 heterocycles. The van der Waals surface area contributed by atoms with Gasteiger partial charge in [-0.15, -0.1) is 0 Å². The van der Waals surface area contributed by atoms with Crippen LogP contribution in [0.5, 0.6) is 0 Å². The van der Waals surface area contributed by atoms with Gasteiger partial charge < -0.3 is 15.4 Å². The molecule has 1 atom stereocenters. The molecule has 2 aromatic rings. The second-order valence-corrected chi connectivity index (χ2v) is 6.25. The Morgan fingerprint density at radius 1 is 1.46 bits per heavy atom. The lowest BCUT2D eigenvalue weighted by molar-refractivity contribution is 0.0524. The molecule has 2 aromatic heterocycles. The van der Waals surface area contributed by atoms with Gasteiger partial charge in [0.1, 0.15) is 11.3 Å². The van der Waals surface area contributed by atoms with Crippen LogP contribution in [0.4, 0.5) is 0 Å². The van der Waals surface area contributed by atoms with Gasteiger partial charge >= 0.3 is 0 Å². The smallest absolute Gasteiger partial charge is 0.268 e. The minimum Gasteiger partial charge on any atom is -0.383 e. The third-order valence-corrected chi connectivity index (χ3v) is 4.14. The Labute approximate surface area is 141 Å².